The van der Waals surface area contributed by atoms with Crippen molar-refractivity contribution in [2.45, 2.75) is 33.1 Å². The van der Waals surface area contributed by atoms with Gasteiger partial charge in [0.2, 0.25) is 0 Å². The molecule has 0 heterocycles. The van der Waals surface area contributed by atoms with Gasteiger partial charge in [-0.2, -0.15) is 0 Å². The van der Waals surface area contributed by atoms with Gasteiger partial charge in [0, 0.05) is 0 Å². The maximum atomic E-state index is 10.5. The molecule has 0 amide bonds. The molecule has 0 saturated heterocycles. The van der Waals surface area contributed by atoms with E-state index in [-0.39, 0.29) is 11.6 Å². The molecule has 0 radical (unpaired) electrons. The average molecular weight is 180 g/mol. The molecule has 0 aliphatic rings. The summed E-state index contributed by atoms with van der Waals surface area (Å²) in [5, 5.41) is 0. The standard InChI is InChI=1S/C11H16O2/c1-10(12)8-6-4-3-5-7-9-11(2)13/h6-9H,3-5H2,1-2H3. The molecule has 0 N–H and O–H groups in total. The van der Waals surface area contributed by atoms with Crippen molar-refractivity contribution in [3.63, 3.8) is 0 Å². The van der Waals surface area contributed by atoms with Gasteiger partial charge in [-0.3, -0.25) is 9.59 Å². The van der Waals surface area contributed by atoms with E-state index in [4.69, 9.17) is 0 Å². The molecular weight excluding hydrogens is 164 g/mol. The van der Waals surface area contributed by atoms with Crippen molar-refractivity contribution < 1.29 is 9.59 Å². The number of rotatable bonds is 6. The SMILES string of the molecule is CC(=O)C=CCCCC=CC(C)=O. The Labute approximate surface area is 79.3 Å². The quantitative estimate of drug-likeness (QED) is 0.464. The second kappa shape index (κ2) is 7.47. The lowest BCUT2D eigenvalue weighted by Gasteiger charge is -1.88. The molecule has 0 atom stereocenters. The number of ketones is 2. The third kappa shape index (κ3) is 10.8. The first-order valence-corrected chi connectivity index (χ1v) is 4.47. The number of carbonyl (C=O) groups excluding carboxylic acids is 2. The smallest absolute Gasteiger partial charge is 0.152 e. The van der Waals surface area contributed by atoms with Crippen molar-refractivity contribution in [1.82, 2.24) is 0 Å². The Hall–Kier alpha value is -1.18. The van der Waals surface area contributed by atoms with E-state index in [1.165, 1.54) is 13.8 Å². The monoisotopic (exact) mass is 180 g/mol. The van der Waals surface area contributed by atoms with Crippen LogP contribution in [0.4, 0.5) is 0 Å². The highest BCUT2D eigenvalue weighted by Gasteiger charge is 1.84. The van der Waals surface area contributed by atoms with E-state index in [9.17, 15) is 9.59 Å². The van der Waals surface area contributed by atoms with E-state index in [1.807, 2.05) is 12.2 Å². The summed E-state index contributed by atoms with van der Waals surface area (Å²) in [4.78, 5) is 21.0. The van der Waals surface area contributed by atoms with Crippen LogP contribution < -0.4 is 0 Å². The first-order chi connectivity index (χ1) is 6.13. The van der Waals surface area contributed by atoms with E-state index < -0.39 is 0 Å². The van der Waals surface area contributed by atoms with Crippen molar-refractivity contribution in [2.75, 3.05) is 0 Å². The van der Waals surface area contributed by atoms with Crippen LogP contribution in [0.5, 0.6) is 0 Å². The van der Waals surface area contributed by atoms with Crippen molar-refractivity contribution in [3.8, 4) is 0 Å². The van der Waals surface area contributed by atoms with Gasteiger partial charge < -0.3 is 0 Å². The zero-order chi connectivity index (χ0) is 10.1. The molecular formula is C11H16O2. The Bertz CT molecular complexity index is 200. The molecule has 2 heteroatoms. The van der Waals surface area contributed by atoms with Crippen molar-refractivity contribution in [3.05, 3.63) is 24.3 Å². The maximum absolute atomic E-state index is 10.5. The fourth-order valence-corrected chi connectivity index (χ4v) is 0.852. The number of unbranched alkanes of at least 4 members (excludes halogenated alkanes) is 2. The van der Waals surface area contributed by atoms with Crippen LogP contribution in [0.2, 0.25) is 0 Å². The number of allylic oxidation sites excluding steroid dienone is 4. The molecule has 0 bridgehead atoms. The normalized spacial score (nSPS) is 11.2. The Morgan fingerprint density at radius 1 is 0.923 bits per heavy atom. The van der Waals surface area contributed by atoms with Gasteiger partial charge in [-0.15, -0.1) is 0 Å². The molecule has 2 nitrogen and oxygen atoms in total. The number of hydrogen-bond acceptors (Lipinski definition) is 2. The second-order valence-electron chi connectivity index (χ2n) is 2.96. The van der Waals surface area contributed by atoms with Crippen molar-refractivity contribution in [2.24, 2.45) is 0 Å². The summed E-state index contributed by atoms with van der Waals surface area (Å²) in [7, 11) is 0. The third-order valence-electron chi connectivity index (χ3n) is 1.45. The molecule has 0 aromatic carbocycles. The van der Waals surface area contributed by atoms with Gasteiger partial charge in [0.1, 0.15) is 0 Å². The minimum Gasteiger partial charge on any atom is -0.295 e. The van der Waals surface area contributed by atoms with Crippen LogP contribution in [0.3, 0.4) is 0 Å². The van der Waals surface area contributed by atoms with Gasteiger partial charge in [0.15, 0.2) is 11.6 Å². The first kappa shape index (κ1) is 11.8. The maximum Gasteiger partial charge on any atom is 0.152 e. The average Bonchev–Trinajstić information content (AvgIpc) is 2.01. The largest absolute Gasteiger partial charge is 0.295 e. The van der Waals surface area contributed by atoms with Gasteiger partial charge in [-0.25, -0.2) is 0 Å². The lowest BCUT2D eigenvalue weighted by Crippen LogP contribution is -1.81. The Morgan fingerprint density at radius 2 is 1.31 bits per heavy atom. The van der Waals surface area contributed by atoms with E-state index in [0.717, 1.165) is 19.3 Å². The Balaban J connectivity index is 3.36. The first-order valence-electron chi connectivity index (χ1n) is 4.47. The molecule has 0 aromatic heterocycles. The van der Waals surface area contributed by atoms with Gasteiger partial charge in [0.25, 0.3) is 0 Å². The molecule has 72 valence electrons. The minimum atomic E-state index is 0.0827. The third-order valence-corrected chi connectivity index (χ3v) is 1.45. The second-order valence-corrected chi connectivity index (χ2v) is 2.96. The summed E-state index contributed by atoms with van der Waals surface area (Å²) in [5.41, 5.74) is 0. The van der Waals surface area contributed by atoms with Crippen molar-refractivity contribution in [1.29, 1.82) is 0 Å². The summed E-state index contributed by atoms with van der Waals surface area (Å²) in [6.07, 6.45) is 9.65. The zero-order valence-corrected chi connectivity index (χ0v) is 8.25. The Morgan fingerprint density at radius 3 is 1.62 bits per heavy atom. The molecule has 13 heavy (non-hydrogen) atoms. The minimum absolute atomic E-state index is 0.0827. The van der Waals surface area contributed by atoms with Crippen LogP contribution in [0, 0.1) is 0 Å². The van der Waals surface area contributed by atoms with Crippen LogP contribution in [-0.2, 0) is 9.59 Å². The van der Waals surface area contributed by atoms with Crippen LogP contribution >= 0.6 is 0 Å². The number of carbonyl (C=O) groups is 2. The van der Waals surface area contributed by atoms with Gasteiger partial charge >= 0.3 is 0 Å². The summed E-state index contributed by atoms with van der Waals surface area (Å²) >= 11 is 0. The molecule has 0 saturated carbocycles. The molecule has 0 spiro atoms. The van der Waals surface area contributed by atoms with Gasteiger partial charge in [-0.05, 0) is 45.3 Å². The molecule has 0 aliphatic heterocycles. The summed E-state index contributed by atoms with van der Waals surface area (Å²) in [6.45, 7) is 3.07. The Kier molecular flexibility index (Phi) is 6.79. The van der Waals surface area contributed by atoms with Gasteiger partial charge in [0.05, 0.1) is 0 Å². The van der Waals surface area contributed by atoms with Crippen LogP contribution in [0.25, 0.3) is 0 Å². The fraction of sp³-hybridized carbons (Fsp3) is 0.455. The van der Waals surface area contributed by atoms with E-state index in [2.05, 4.69) is 0 Å². The molecule has 0 rings (SSSR count). The molecule has 0 aliphatic carbocycles. The van der Waals surface area contributed by atoms with E-state index in [1.54, 1.807) is 12.2 Å². The summed E-state index contributed by atoms with van der Waals surface area (Å²) < 4.78 is 0. The van der Waals surface area contributed by atoms with Crippen LogP contribution in [0.1, 0.15) is 33.1 Å². The summed E-state index contributed by atoms with van der Waals surface area (Å²) in [6, 6.07) is 0. The highest BCUT2D eigenvalue weighted by molar-refractivity contribution is 5.87. The highest BCUT2D eigenvalue weighted by atomic mass is 16.1. The molecule has 0 aromatic rings. The predicted octanol–water partition coefficient (Wildman–Crippen LogP) is 2.45. The molecule has 0 unspecified atom stereocenters. The van der Waals surface area contributed by atoms with Crippen molar-refractivity contribution >= 4 is 11.6 Å². The highest BCUT2D eigenvalue weighted by Crippen LogP contribution is 1.98. The van der Waals surface area contributed by atoms with Crippen LogP contribution in [-0.4, -0.2) is 11.6 Å². The lowest BCUT2D eigenvalue weighted by atomic mass is 10.2. The predicted molar refractivity (Wildman–Crippen MR) is 53.5 cm³/mol. The fourth-order valence-electron chi connectivity index (χ4n) is 0.852. The van der Waals surface area contributed by atoms with Crippen LogP contribution in [0.15, 0.2) is 24.3 Å². The number of hydrogen-bond donors (Lipinski definition) is 0. The zero-order valence-electron chi connectivity index (χ0n) is 8.25. The topological polar surface area (TPSA) is 34.1 Å². The van der Waals surface area contributed by atoms with E-state index >= 15 is 0 Å². The molecule has 0 fully saturated rings. The lowest BCUT2D eigenvalue weighted by molar-refractivity contribution is -0.113. The van der Waals surface area contributed by atoms with E-state index in [0.29, 0.717) is 0 Å². The summed E-state index contributed by atoms with van der Waals surface area (Å²) in [5.74, 6) is 0.165. The van der Waals surface area contributed by atoms with Gasteiger partial charge in [-0.1, -0.05) is 12.2 Å².